The van der Waals surface area contributed by atoms with Crippen molar-refractivity contribution in [2.24, 2.45) is 12.8 Å². The second-order valence-corrected chi connectivity index (χ2v) is 2.94. The van der Waals surface area contributed by atoms with Gasteiger partial charge in [-0.2, -0.15) is 4.80 Å². The van der Waals surface area contributed by atoms with Gasteiger partial charge in [-0.25, -0.2) is 4.98 Å². The monoisotopic (exact) mass is 193 g/mol. The molecule has 74 valence electrons. The lowest BCUT2D eigenvalue weighted by molar-refractivity contribution is 0.625. The fraction of sp³-hybridized carbons (Fsp3) is 0.429. The summed E-state index contributed by atoms with van der Waals surface area (Å²) in [4.78, 5) is 5.52. The second-order valence-electron chi connectivity index (χ2n) is 2.94. The van der Waals surface area contributed by atoms with Crippen LogP contribution >= 0.6 is 0 Å². The molecular weight excluding hydrogens is 182 g/mol. The summed E-state index contributed by atoms with van der Waals surface area (Å²) in [6, 6.07) is 0. The van der Waals surface area contributed by atoms with Gasteiger partial charge in [-0.3, -0.25) is 0 Å². The van der Waals surface area contributed by atoms with Crippen molar-refractivity contribution < 1.29 is 0 Å². The Kier molecular flexibility index (Phi) is 2.23. The maximum atomic E-state index is 5.44. The summed E-state index contributed by atoms with van der Waals surface area (Å²) < 4.78 is 1.87. The van der Waals surface area contributed by atoms with E-state index < -0.39 is 0 Å². The highest BCUT2D eigenvalue weighted by Crippen LogP contribution is 1.97. The van der Waals surface area contributed by atoms with Gasteiger partial charge in [0.1, 0.15) is 0 Å². The highest BCUT2D eigenvalue weighted by atomic mass is 15.6. The highest BCUT2D eigenvalue weighted by molar-refractivity contribution is 4.97. The number of nitrogens with zero attached hydrogens (tertiary/aromatic N) is 6. The first-order valence-electron chi connectivity index (χ1n) is 4.21. The predicted molar refractivity (Wildman–Crippen MR) is 48.0 cm³/mol. The Balaban J connectivity index is 2.10. The van der Waals surface area contributed by atoms with E-state index in [0.29, 0.717) is 18.9 Å². The Morgan fingerprint density at radius 3 is 2.93 bits per heavy atom. The molecule has 0 aliphatic carbocycles. The zero-order valence-corrected chi connectivity index (χ0v) is 7.83. The summed E-state index contributed by atoms with van der Waals surface area (Å²) in [5.74, 6) is 0.661. The zero-order valence-electron chi connectivity index (χ0n) is 7.83. The van der Waals surface area contributed by atoms with Crippen molar-refractivity contribution in [1.82, 2.24) is 29.8 Å². The van der Waals surface area contributed by atoms with Crippen LogP contribution in [0.2, 0.25) is 0 Å². The standard InChI is InChI=1S/C7H11N7/c1-13-11-7(10-12-13)4-14-3-6(2-8)9-5-14/h3,5H,2,4,8H2,1H3. The van der Waals surface area contributed by atoms with Gasteiger partial charge in [0.25, 0.3) is 0 Å². The van der Waals surface area contributed by atoms with Crippen molar-refractivity contribution in [2.75, 3.05) is 0 Å². The van der Waals surface area contributed by atoms with Gasteiger partial charge in [0, 0.05) is 12.7 Å². The van der Waals surface area contributed by atoms with Crippen LogP contribution in [0, 0.1) is 0 Å². The normalized spacial score (nSPS) is 10.7. The number of hydrogen-bond acceptors (Lipinski definition) is 5. The lowest BCUT2D eigenvalue weighted by Gasteiger charge is -1.94. The molecule has 0 spiro atoms. The molecule has 0 saturated carbocycles. The van der Waals surface area contributed by atoms with Crippen molar-refractivity contribution in [2.45, 2.75) is 13.1 Å². The maximum absolute atomic E-state index is 5.44. The van der Waals surface area contributed by atoms with Crippen molar-refractivity contribution in [3.63, 3.8) is 0 Å². The Labute approximate surface area is 80.5 Å². The average molecular weight is 193 g/mol. The molecular formula is C7H11N7. The molecule has 2 heterocycles. The van der Waals surface area contributed by atoms with Crippen molar-refractivity contribution in [3.8, 4) is 0 Å². The number of imidazole rings is 1. The largest absolute Gasteiger partial charge is 0.329 e. The molecule has 2 N–H and O–H groups in total. The molecule has 2 aromatic heterocycles. The van der Waals surface area contributed by atoms with E-state index in [1.165, 1.54) is 4.80 Å². The van der Waals surface area contributed by atoms with Crippen molar-refractivity contribution in [1.29, 1.82) is 0 Å². The first-order chi connectivity index (χ1) is 6.78. The van der Waals surface area contributed by atoms with Crippen molar-refractivity contribution in [3.05, 3.63) is 24.0 Å². The van der Waals surface area contributed by atoms with E-state index in [4.69, 9.17) is 5.73 Å². The third-order valence-corrected chi connectivity index (χ3v) is 1.77. The number of aromatic nitrogens is 6. The summed E-state index contributed by atoms with van der Waals surface area (Å²) in [5, 5.41) is 11.7. The van der Waals surface area contributed by atoms with Crippen LogP contribution in [0.15, 0.2) is 12.5 Å². The molecule has 7 nitrogen and oxygen atoms in total. The molecule has 0 aromatic carbocycles. The van der Waals surface area contributed by atoms with Gasteiger partial charge >= 0.3 is 0 Å². The van der Waals surface area contributed by atoms with E-state index in [1.807, 2.05) is 10.8 Å². The lowest BCUT2D eigenvalue weighted by Crippen LogP contribution is -2.00. The van der Waals surface area contributed by atoms with E-state index in [9.17, 15) is 0 Å². The first kappa shape index (κ1) is 8.82. The van der Waals surface area contributed by atoms with Gasteiger partial charge in [0.2, 0.25) is 0 Å². The van der Waals surface area contributed by atoms with E-state index in [2.05, 4.69) is 20.4 Å². The van der Waals surface area contributed by atoms with Crippen LogP contribution in [-0.4, -0.2) is 29.8 Å². The zero-order chi connectivity index (χ0) is 9.97. The summed E-state index contributed by atoms with van der Waals surface area (Å²) >= 11 is 0. The smallest absolute Gasteiger partial charge is 0.194 e. The quantitative estimate of drug-likeness (QED) is 0.669. The molecule has 0 bridgehead atoms. The fourth-order valence-electron chi connectivity index (χ4n) is 1.15. The molecule has 0 unspecified atom stereocenters. The Bertz CT molecular complexity index is 415. The molecule has 0 amide bonds. The Hall–Kier alpha value is -1.76. The number of hydrogen-bond donors (Lipinski definition) is 1. The minimum Gasteiger partial charge on any atom is -0.329 e. The minimum absolute atomic E-state index is 0.445. The van der Waals surface area contributed by atoms with E-state index in [1.54, 1.807) is 13.4 Å². The lowest BCUT2D eigenvalue weighted by atomic mass is 10.5. The Morgan fingerprint density at radius 2 is 2.36 bits per heavy atom. The topological polar surface area (TPSA) is 87.4 Å². The average Bonchev–Trinajstić information content (AvgIpc) is 2.76. The van der Waals surface area contributed by atoms with Crippen LogP contribution in [0.3, 0.4) is 0 Å². The second kappa shape index (κ2) is 3.54. The molecule has 0 aliphatic rings. The van der Waals surface area contributed by atoms with E-state index in [0.717, 1.165) is 5.69 Å². The van der Waals surface area contributed by atoms with Crippen LogP contribution < -0.4 is 5.73 Å². The Morgan fingerprint density at radius 1 is 1.50 bits per heavy atom. The molecule has 2 aromatic rings. The predicted octanol–water partition coefficient (Wildman–Crippen LogP) is -1.09. The van der Waals surface area contributed by atoms with Crippen LogP contribution in [0.4, 0.5) is 0 Å². The van der Waals surface area contributed by atoms with Gasteiger partial charge in [-0.15, -0.1) is 10.2 Å². The SMILES string of the molecule is Cn1nnc(Cn2cnc(CN)c2)n1. The summed E-state index contributed by atoms with van der Waals surface area (Å²) in [7, 11) is 1.73. The molecule has 7 heteroatoms. The van der Waals surface area contributed by atoms with Crippen LogP contribution in [0.5, 0.6) is 0 Å². The van der Waals surface area contributed by atoms with Crippen LogP contribution in [-0.2, 0) is 20.1 Å². The number of tetrazole rings is 1. The fourth-order valence-corrected chi connectivity index (χ4v) is 1.15. The molecule has 2 rings (SSSR count). The number of nitrogens with two attached hydrogens (primary N) is 1. The minimum atomic E-state index is 0.445. The van der Waals surface area contributed by atoms with Gasteiger partial charge in [-0.05, 0) is 5.21 Å². The highest BCUT2D eigenvalue weighted by Gasteiger charge is 2.02. The summed E-state index contributed by atoms with van der Waals surface area (Å²) in [6.07, 6.45) is 3.58. The van der Waals surface area contributed by atoms with Crippen LogP contribution in [0.1, 0.15) is 11.5 Å². The third kappa shape index (κ3) is 1.77. The maximum Gasteiger partial charge on any atom is 0.194 e. The summed E-state index contributed by atoms with van der Waals surface area (Å²) in [6.45, 7) is 1.02. The molecule has 0 fully saturated rings. The van der Waals surface area contributed by atoms with Gasteiger partial charge in [-0.1, -0.05) is 0 Å². The van der Waals surface area contributed by atoms with Crippen LogP contribution in [0.25, 0.3) is 0 Å². The van der Waals surface area contributed by atoms with Gasteiger partial charge < -0.3 is 10.3 Å². The molecule has 0 saturated heterocycles. The molecule has 0 aliphatic heterocycles. The number of aryl methyl sites for hydroxylation is 1. The van der Waals surface area contributed by atoms with Crippen molar-refractivity contribution >= 4 is 0 Å². The summed E-state index contributed by atoms with van der Waals surface area (Å²) in [5.41, 5.74) is 6.29. The molecule has 0 radical (unpaired) electrons. The van der Waals surface area contributed by atoms with Gasteiger partial charge in [0.15, 0.2) is 5.82 Å². The molecule has 14 heavy (non-hydrogen) atoms. The van der Waals surface area contributed by atoms with E-state index >= 15 is 0 Å². The number of rotatable bonds is 3. The van der Waals surface area contributed by atoms with E-state index in [-0.39, 0.29) is 0 Å². The third-order valence-electron chi connectivity index (χ3n) is 1.77. The van der Waals surface area contributed by atoms with Gasteiger partial charge in [0.05, 0.1) is 25.6 Å². The molecule has 0 atom stereocenters. The first-order valence-corrected chi connectivity index (χ1v) is 4.21.